The normalized spacial score (nSPS) is 20.3. The molecule has 226 valence electrons. The molecule has 2 aliphatic heterocycles. The van der Waals surface area contributed by atoms with E-state index in [4.69, 9.17) is 0 Å². The van der Waals surface area contributed by atoms with E-state index in [1.165, 1.54) is 30.3 Å². The van der Waals surface area contributed by atoms with Crippen LogP contribution in [0.2, 0.25) is 0 Å². The maximum Gasteiger partial charge on any atom is 0.413 e. The first-order valence-electron chi connectivity index (χ1n) is 14.3. The number of hydrogen-bond acceptors (Lipinski definition) is 5. The number of anilines is 2. The molecule has 1 fully saturated rings. The summed E-state index contributed by atoms with van der Waals surface area (Å²) in [6.07, 6.45) is 2.76. The third-order valence-corrected chi connectivity index (χ3v) is 9.69. The Bertz CT molecular complexity index is 1480. The first-order chi connectivity index (χ1) is 19.9. The van der Waals surface area contributed by atoms with Gasteiger partial charge in [-0.2, -0.15) is 13.2 Å². The van der Waals surface area contributed by atoms with Crippen molar-refractivity contribution < 1.29 is 20.8 Å². The van der Waals surface area contributed by atoms with E-state index in [1.54, 1.807) is 30.0 Å². The van der Waals surface area contributed by atoms with E-state index in [0.29, 0.717) is 38.0 Å². The topological polar surface area (TPSA) is 48.5 Å². The van der Waals surface area contributed by atoms with Gasteiger partial charge in [0.25, 0.3) is 0 Å². The van der Waals surface area contributed by atoms with Gasteiger partial charge < -0.3 is 15.1 Å². The van der Waals surface area contributed by atoms with E-state index in [2.05, 4.69) is 60.9 Å². The molecular weight excluding hydrogens is 557 g/mol. The Morgan fingerprint density at radius 1 is 1.31 bits per heavy atom. The number of pyridine rings is 1. The largest absolute Gasteiger partial charge is 0.413 e. The maximum atomic E-state index is 14.4. The summed E-state index contributed by atoms with van der Waals surface area (Å²) in [5, 5.41) is 4.42. The molecule has 3 heterocycles. The number of carbonyl (C=O) groups is 1. The third-order valence-electron chi connectivity index (χ3n) is 8.43. The molecule has 9 heteroatoms. The highest BCUT2D eigenvalue weighted by Crippen LogP contribution is 2.64. The van der Waals surface area contributed by atoms with Crippen molar-refractivity contribution in [3.05, 3.63) is 83.9 Å². The molecule has 1 amide bonds. The van der Waals surface area contributed by atoms with E-state index >= 15 is 0 Å². The Kier molecular flexibility index (Phi) is 8.12. The van der Waals surface area contributed by atoms with Gasteiger partial charge in [0.1, 0.15) is 5.03 Å². The van der Waals surface area contributed by atoms with Crippen molar-refractivity contribution >= 4 is 34.6 Å². The van der Waals surface area contributed by atoms with E-state index in [9.17, 15) is 18.0 Å². The number of thioether (sulfide) groups is 1. The number of aromatic nitrogens is 1. The van der Waals surface area contributed by atoms with Gasteiger partial charge in [-0.1, -0.05) is 56.5 Å². The summed E-state index contributed by atoms with van der Waals surface area (Å²) in [5.41, 5.74) is 8.98. The zero-order valence-corrected chi connectivity index (χ0v) is 25.3. The number of likely N-dealkylation sites (tertiary alicyclic amines) is 1. The van der Waals surface area contributed by atoms with Crippen LogP contribution in [0.4, 0.5) is 24.5 Å². The first kappa shape index (κ1) is 30.1. The predicted octanol–water partition coefficient (Wildman–Crippen LogP) is 8.72. The monoisotopic (exact) mass is 598 g/mol. The molecule has 1 aliphatic carbocycles. The second-order valence-corrected chi connectivity index (χ2v) is 13.1. The van der Waals surface area contributed by atoms with Crippen molar-refractivity contribution in [2.75, 3.05) is 25.5 Å². The van der Waals surface area contributed by atoms with Gasteiger partial charge in [-0.25, -0.2) is 4.98 Å². The van der Waals surface area contributed by atoms with Crippen molar-refractivity contribution in [3.63, 3.8) is 0 Å². The number of amides is 1. The van der Waals surface area contributed by atoms with Gasteiger partial charge >= 0.3 is 6.18 Å². The quantitative estimate of drug-likeness (QED) is 0.231. The molecule has 0 spiro atoms. The average Bonchev–Trinajstić information content (AvgIpc) is 3.52. The third kappa shape index (κ3) is 5.64. The Morgan fingerprint density at radius 3 is 2.55 bits per heavy atom. The van der Waals surface area contributed by atoms with Crippen LogP contribution in [0.3, 0.4) is 0 Å². The molecule has 3 aliphatic rings. The number of rotatable bonds is 9. The lowest BCUT2D eigenvalue weighted by molar-refractivity contribution is -0.191. The fourth-order valence-corrected chi connectivity index (χ4v) is 7.40. The van der Waals surface area contributed by atoms with Crippen LogP contribution >= 0.6 is 11.8 Å². The van der Waals surface area contributed by atoms with Gasteiger partial charge in [0.05, 0.1) is 22.3 Å². The van der Waals surface area contributed by atoms with Gasteiger partial charge in [-0.3, -0.25) is 4.79 Å². The highest BCUT2D eigenvalue weighted by atomic mass is 32.2. The number of hydrogen-bond donors (Lipinski definition) is 1. The number of piperidine rings is 1. The summed E-state index contributed by atoms with van der Waals surface area (Å²) in [4.78, 5) is 20.9. The minimum absolute atomic E-state index is 0. The summed E-state index contributed by atoms with van der Waals surface area (Å²) < 4.78 is 43.3. The standard InChI is InChI=1S/C33H37F3N4OS.2H2/c1-7-9-24(8-2)40-16-14-22(15-17-40)31(41)39(6)29(33(34,35)36)21-10-12-23(13-11-21)38-26-19-37-30-28(27(26)20(3)4)25-18-32(25,5)42-30;;/h7,10-13,18-20,22,29,38H,1-2,9,14-17H2,3-6H3;2*1H/t29-,32?;;/m0../s1. The van der Waals surface area contributed by atoms with Crippen LogP contribution in [0, 0.1) is 5.92 Å². The second kappa shape index (κ2) is 11.3. The summed E-state index contributed by atoms with van der Waals surface area (Å²) in [6.45, 7) is 15.1. The Labute approximate surface area is 253 Å². The van der Waals surface area contributed by atoms with Crippen LogP contribution in [0.5, 0.6) is 0 Å². The van der Waals surface area contributed by atoms with Crippen LogP contribution in [0.1, 0.15) is 71.5 Å². The number of nitrogens with zero attached hydrogens (tertiary/aromatic N) is 3. The lowest BCUT2D eigenvalue weighted by Gasteiger charge is -2.37. The summed E-state index contributed by atoms with van der Waals surface area (Å²) in [7, 11) is 1.26. The fourth-order valence-electron chi connectivity index (χ4n) is 6.19. The molecule has 0 radical (unpaired) electrons. The van der Waals surface area contributed by atoms with Crippen molar-refractivity contribution in [1.82, 2.24) is 14.8 Å². The molecule has 1 N–H and O–H groups in total. The van der Waals surface area contributed by atoms with Gasteiger partial charge in [-0.15, -0.1) is 12.3 Å². The molecule has 5 nitrogen and oxygen atoms in total. The lowest BCUT2D eigenvalue weighted by Crippen LogP contribution is -2.45. The number of nitrogens with one attached hydrogen (secondary N) is 1. The van der Waals surface area contributed by atoms with Gasteiger partial charge in [0.15, 0.2) is 6.04 Å². The number of benzene rings is 1. The predicted molar refractivity (Wildman–Crippen MR) is 168 cm³/mol. The smallest absolute Gasteiger partial charge is 0.368 e. The molecule has 1 aromatic heterocycles. The minimum Gasteiger partial charge on any atom is -0.368 e. The Hall–Kier alpha value is -3.42. The molecule has 5 rings (SSSR count). The molecule has 1 aromatic carbocycles. The summed E-state index contributed by atoms with van der Waals surface area (Å²) in [5.74, 6) is -0.734. The zero-order valence-electron chi connectivity index (χ0n) is 24.5. The van der Waals surface area contributed by atoms with Crippen molar-refractivity contribution in [3.8, 4) is 0 Å². The van der Waals surface area contributed by atoms with E-state index in [-0.39, 0.29) is 19.1 Å². The molecule has 2 aromatic rings. The number of fused-ring (bicyclic) bond motifs is 3. The highest BCUT2D eigenvalue weighted by Gasteiger charge is 2.50. The van der Waals surface area contributed by atoms with Crippen LogP contribution in [0.15, 0.2) is 72.2 Å². The van der Waals surface area contributed by atoms with E-state index in [0.717, 1.165) is 26.9 Å². The Balaban J connectivity index is 0.00000264. The number of halogens is 3. The van der Waals surface area contributed by atoms with Crippen LogP contribution < -0.4 is 5.32 Å². The first-order valence-corrected chi connectivity index (χ1v) is 15.1. The van der Waals surface area contributed by atoms with Crippen LogP contribution in [-0.2, 0) is 4.79 Å². The molecule has 1 saturated heterocycles. The Morgan fingerprint density at radius 2 is 1.98 bits per heavy atom. The van der Waals surface area contributed by atoms with Gasteiger partial charge in [0, 0.05) is 46.6 Å². The van der Waals surface area contributed by atoms with Gasteiger partial charge in [-0.05, 0) is 54.5 Å². The van der Waals surface area contributed by atoms with Crippen LogP contribution in [0.25, 0.3) is 5.57 Å². The summed E-state index contributed by atoms with van der Waals surface area (Å²) in [6, 6.07) is 4.15. The van der Waals surface area contributed by atoms with Crippen molar-refractivity contribution in [1.29, 1.82) is 0 Å². The molecule has 2 atom stereocenters. The molecular formula is C33H41F3N4OS. The SMILES string of the molecule is C=C=C(CC=C)N1CCC(C(=O)N(C)[C@@H](c2ccc(Nc3cnc4c(c3C(C)C)C3=CC3(C)S4)cc2)C(F)(F)F)CC1.[HH].[HH]. The maximum absolute atomic E-state index is 14.4. The number of carbonyl (C=O) groups excluding carboxylic acids is 1. The van der Waals surface area contributed by atoms with E-state index in [1.807, 2.05) is 6.20 Å². The van der Waals surface area contributed by atoms with Crippen molar-refractivity contribution in [2.45, 2.75) is 67.9 Å². The zero-order chi connectivity index (χ0) is 30.4. The van der Waals surface area contributed by atoms with E-state index < -0.39 is 24.0 Å². The summed E-state index contributed by atoms with van der Waals surface area (Å²) >= 11 is 1.76. The van der Waals surface area contributed by atoms with Gasteiger partial charge in [0.2, 0.25) is 5.91 Å². The number of alkyl halides is 3. The average molecular weight is 599 g/mol. The molecule has 0 bridgehead atoms. The second-order valence-electron chi connectivity index (χ2n) is 11.7. The van der Waals surface area contributed by atoms with Crippen LogP contribution in [-0.4, -0.2) is 51.8 Å². The van der Waals surface area contributed by atoms with Crippen molar-refractivity contribution in [2.24, 2.45) is 5.92 Å². The molecule has 1 unspecified atom stereocenters. The molecule has 0 saturated carbocycles. The molecule has 42 heavy (non-hydrogen) atoms. The lowest BCUT2D eigenvalue weighted by atomic mass is 9.93. The highest BCUT2D eigenvalue weighted by molar-refractivity contribution is 8.02. The minimum atomic E-state index is -4.63. The number of allylic oxidation sites excluding steroid dienone is 1. The fraction of sp³-hybridized carbons (Fsp3) is 0.424.